The summed E-state index contributed by atoms with van der Waals surface area (Å²) in [6.07, 6.45) is 2.67. The van der Waals surface area contributed by atoms with Gasteiger partial charge >= 0.3 is 5.97 Å². The largest absolute Gasteiger partial charge is 0.462 e. The fourth-order valence-electron chi connectivity index (χ4n) is 3.71. The van der Waals surface area contributed by atoms with Crippen molar-refractivity contribution in [2.24, 2.45) is 0 Å². The van der Waals surface area contributed by atoms with Crippen LogP contribution in [0.1, 0.15) is 29.4 Å². The van der Waals surface area contributed by atoms with Gasteiger partial charge in [-0.25, -0.2) is 4.79 Å². The lowest BCUT2D eigenvalue weighted by molar-refractivity contribution is -0.136. The van der Waals surface area contributed by atoms with E-state index in [1.54, 1.807) is 13.0 Å². The number of furan rings is 1. The highest BCUT2D eigenvalue weighted by atomic mass is 35.5. The summed E-state index contributed by atoms with van der Waals surface area (Å²) in [4.78, 5) is 14.9. The lowest BCUT2D eigenvalue weighted by Crippen LogP contribution is -2.18. The fourth-order valence-corrected chi connectivity index (χ4v) is 3.96. The van der Waals surface area contributed by atoms with Gasteiger partial charge in [0.1, 0.15) is 11.3 Å². The van der Waals surface area contributed by atoms with Gasteiger partial charge in [-0.15, -0.1) is 0 Å². The van der Waals surface area contributed by atoms with Crippen molar-refractivity contribution in [3.8, 4) is 0 Å². The molecule has 5 heteroatoms. The van der Waals surface area contributed by atoms with E-state index in [9.17, 15) is 4.79 Å². The molecule has 2 aromatic carbocycles. The molecule has 0 N–H and O–H groups in total. The van der Waals surface area contributed by atoms with Crippen molar-refractivity contribution in [2.75, 3.05) is 20.2 Å². The zero-order valence-corrected chi connectivity index (χ0v) is 16.8. The smallest absolute Gasteiger partial charge is 0.338 e. The number of esters is 1. The second-order valence-electron chi connectivity index (χ2n) is 6.98. The number of hydrogen-bond donors (Lipinski definition) is 0. The third kappa shape index (κ3) is 3.46. The Bertz CT molecular complexity index is 1050. The maximum Gasteiger partial charge on any atom is 0.338 e. The Balaban J connectivity index is 1.92. The molecule has 0 aliphatic carbocycles. The van der Waals surface area contributed by atoms with Crippen LogP contribution in [0.25, 0.3) is 22.6 Å². The molecule has 4 rings (SSSR count). The van der Waals surface area contributed by atoms with Gasteiger partial charge in [-0.05, 0) is 49.7 Å². The standard InChI is InChI=1S/C23H22ClNO3/c1-3-27-23(26)17(15-7-5-4-6-8-15)13-21-18-14-25(2)12-11-16-19(24)9-10-20(28-21)22(16)18/h4-10,13H,3,11-12,14H2,1-2H3/b17-13-. The molecule has 0 radical (unpaired) electrons. The molecule has 2 heterocycles. The number of ether oxygens (including phenoxy) is 1. The van der Waals surface area contributed by atoms with E-state index in [1.165, 1.54) is 0 Å². The molecule has 0 amide bonds. The molecule has 0 atom stereocenters. The summed E-state index contributed by atoms with van der Waals surface area (Å²) in [7, 11) is 2.08. The minimum Gasteiger partial charge on any atom is -0.462 e. The van der Waals surface area contributed by atoms with Crippen molar-refractivity contribution in [1.82, 2.24) is 4.90 Å². The first-order valence-corrected chi connectivity index (χ1v) is 9.81. The summed E-state index contributed by atoms with van der Waals surface area (Å²) < 4.78 is 11.5. The first-order chi connectivity index (χ1) is 13.6. The number of rotatable bonds is 4. The van der Waals surface area contributed by atoms with Crippen LogP contribution in [-0.2, 0) is 22.5 Å². The van der Waals surface area contributed by atoms with E-state index in [0.29, 0.717) is 17.9 Å². The van der Waals surface area contributed by atoms with Gasteiger partial charge in [0, 0.05) is 29.1 Å². The average molecular weight is 396 g/mol. The second kappa shape index (κ2) is 7.82. The number of carbonyl (C=O) groups is 1. The molecule has 144 valence electrons. The number of likely N-dealkylation sites (N-methyl/N-ethyl adjacent to an activating group) is 1. The zero-order chi connectivity index (χ0) is 19.7. The summed E-state index contributed by atoms with van der Waals surface area (Å²) in [5.74, 6) is 0.320. The first-order valence-electron chi connectivity index (χ1n) is 9.44. The topological polar surface area (TPSA) is 42.7 Å². The summed E-state index contributed by atoms with van der Waals surface area (Å²) >= 11 is 6.48. The molecule has 0 bridgehead atoms. The number of halogens is 1. The molecule has 28 heavy (non-hydrogen) atoms. The molecule has 1 aliphatic heterocycles. The van der Waals surface area contributed by atoms with Crippen LogP contribution in [0.4, 0.5) is 0 Å². The van der Waals surface area contributed by atoms with Gasteiger partial charge in [0.2, 0.25) is 0 Å². The second-order valence-corrected chi connectivity index (χ2v) is 7.38. The number of carbonyl (C=O) groups excluding carboxylic acids is 1. The van der Waals surface area contributed by atoms with Crippen molar-refractivity contribution in [2.45, 2.75) is 19.9 Å². The van der Waals surface area contributed by atoms with Crippen molar-refractivity contribution >= 4 is 40.2 Å². The van der Waals surface area contributed by atoms with Gasteiger partial charge in [-0.3, -0.25) is 0 Å². The lowest BCUT2D eigenvalue weighted by Gasteiger charge is -2.13. The zero-order valence-electron chi connectivity index (χ0n) is 16.0. The molecular formula is C23H22ClNO3. The van der Waals surface area contributed by atoms with E-state index in [-0.39, 0.29) is 5.97 Å². The molecule has 1 aliphatic rings. The van der Waals surface area contributed by atoms with Crippen molar-refractivity contribution in [3.05, 3.63) is 69.9 Å². The Morgan fingerprint density at radius 3 is 2.75 bits per heavy atom. The van der Waals surface area contributed by atoms with Crippen LogP contribution in [0, 0.1) is 0 Å². The minimum absolute atomic E-state index is 0.318. The third-order valence-electron chi connectivity index (χ3n) is 5.06. The van der Waals surface area contributed by atoms with E-state index < -0.39 is 0 Å². The number of nitrogens with zero attached hydrogens (tertiary/aromatic N) is 1. The Labute approximate surface area is 169 Å². The van der Waals surface area contributed by atoms with Crippen molar-refractivity contribution in [1.29, 1.82) is 0 Å². The predicted molar refractivity (Wildman–Crippen MR) is 112 cm³/mol. The van der Waals surface area contributed by atoms with Crippen LogP contribution in [-0.4, -0.2) is 31.1 Å². The number of benzene rings is 2. The quantitative estimate of drug-likeness (QED) is 0.451. The van der Waals surface area contributed by atoms with Crippen LogP contribution in [0.5, 0.6) is 0 Å². The Morgan fingerprint density at radius 2 is 2.00 bits per heavy atom. The summed E-state index contributed by atoms with van der Waals surface area (Å²) in [6.45, 7) is 3.77. The maximum absolute atomic E-state index is 12.7. The van der Waals surface area contributed by atoms with E-state index in [1.807, 2.05) is 42.5 Å². The van der Waals surface area contributed by atoms with E-state index in [2.05, 4.69) is 11.9 Å². The van der Waals surface area contributed by atoms with Crippen molar-refractivity contribution < 1.29 is 13.9 Å². The van der Waals surface area contributed by atoms with Gasteiger partial charge in [0.05, 0.1) is 12.2 Å². The fraction of sp³-hybridized carbons (Fsp3) is 0.261. The van der Waals surface area contributed by atoms with E-state index in [0.717, 1.165) is 52.2 Å². The molecule has 4 nitrogen and oxygen atoms in total. The molecule has 3 aromatic rings. The van der Waals surface area contributed by atoms with Gasteiger partial charge in [-0.2, -0.15) is 0 Å². The molecule has 0 unspecified atom stereocenters. The first kappa shape index (κ1) is 18.8. The highest BCUT2D eigenvalue weighted by Gasteiger charge is 2.24. The predicted octanol–water partition coefficient (Wildman–Crippen LogP) is 5.18. The SMILES string of the molecule is CCOC(=O)/C(=C\c1oc2ccc(Cl)c3c2c1CN(C)CC3)c1ccccc1. The lowest BCUT2D eigenvalue weighted by atomic mass is 10.0. The molecule has 0 fully saturated rings. The Hall–Kier alpha value is -2.56. The normalized spacial score (nSPS) is 14.9. The van der Waals surface area contributed by atoms with Gasteiger partial charge in [0.15, 0.2) is 0 Å². The molecule has 1 aromatic heterocycles. The molecular weight excluding hydrogens is 374 g/mol. The minimum atomic E-state index is -0.360. The Kier molecular flexibility index (Phi) is 5.25. The summed E-state index contributed by atoms with van der Waals surface area (Å²) in [6, 6.07) is 13.3. The molecule has 0 saturated heterocycles. The summed E-state index contributed by atoms with van der Waals surface area (Å²) in [5.41, 5.74) is 4.25. The highest BCUT2D eigenvalue weighted by Crippen LogP contribution is 2.37. The van der Waals surface area contributed by atoms with Gasteiger partial charge in [-0.1, -0.05) is 41.9 Å². The van der Waals surface area contributed by atoms with Crippen LogP contribution in [0.3, 0.4) is 0 Å². The molecule has 0 saturated carbocycles. The van der Waals surface area contributed by atoms with E-state index >= 15 is 0 Å². The Morgan fingerprint density at radius 1 is 1.21 bits per heavy atom. The maximum atomic E-state index is 12.7. The monoisotopic (exact) mass is 395 g/mol. The highest BCUT2D eigenvalue weighted by molar-refractivity contribution is 6.32. The van der Waals surface area contributed by atoms with Gasteiger partial charge in [0.25, 0.3) is 0 Å². The summed E-state index contributed by atoms with van der Waals surface area (Å²) in [5, 5.41) is 1.83. The van der Waals surface area contributed by atoms with E-state index in [4.69, 9.17) is 20.8 Å². The van der Waals surface area contributed by atoms with Gasteiger partial charge < -0.3 is 14.1 Å². The van der Waals surface area contributed by atoms with Crippen LogP contribution in [0.2, 0.25) is 5.02 Å². The van der Waals surface area contributed by atoms with Crippen LogP contribution in [0.15, 0.2) is 46.9 Å². The third-order valence-corrected chi connectivity index (χ3v) is 5.42. The number of hydrogen-bond acceptors (Lipinski definition) is 4. The van der Waals surface area contributed by atoms with Crippen LogP contribution < -0.4 is 0 Å². The molecule has 0 spiro atoms. The van der Waals surface area contributed by atoms with Crippen LogP contribution >= 0.6 is 11.6 Å². The average Bonchev–Trinajstić information content (AvgIpc) is 2.92. The van der Waals surface area contributed by atoms with Crippen molar-refractivity contribution in [3.63, 3.8) is 0 Å².